The Morgan fingerprint density at radius 1 is 1.32 bits per heavy atom. The maximum Gasteiger partial charge on any atom is 0.174 e. The first kappa shape index (κ1) is 15.3. The van der Waals surface area contributed by atoms with E-state index in [0.29, 0.717) is 0 Å². The monoisotopic (exact) mass is 258 g/mol. The maximum atomic E-state index is 8.44. The predicted molar refractivity (Wildman–Crippen MR) is 79.0 cm³/mol. The zero-order chi connectivity index (χ0) is 13.9. The van der Waals surface area contributed by atoms with Crippen molar-refractivity contribution in [3.05, 3.63) is 35.4 Å². The first-order chi connectivity index (χ1) is 9.30. The normalized spacial score (nSPS) is 11.1. The maximum absolute atomic E-state index is 8.44. The third-order valence-corrected chi connectivity index (χ3v) is 2.79. The summed E-state index contributed by atoms with van der Waals surface area (Å²) in [7, 11) is 0. The van der Waals surface area contributed by atoms with Gasteiger partial charge in [-0.1, -0.05) is 37.6 Å². The Kier molecular flexibility index (Phi) is 7.38. The standard InChI is InChI=1S/C16H22N2O/c1-3-10-18-13-14(4-2)12-15-5-7-16(8-6-15)19-11-9-17/h5-8,12,18H,3-4,10-11,13H2,1-2H3. The summed E-state index contributed by atoms with van der Waals surface area (Å²) >= 11 is 0. The lowest BCUT2D eigenvalue weighted by Gasteiger charge is -2.07. The molecule has 1 aromatic carbocycles. The SMILES string of the molecule is CCCNCC(=Cc1ccc(OCC#N)cc1)CC. The van der Waals surface area contributed by atoms with E-state index in [0.717, 1.165) is 31.7 Å². The minimum Gasteiger partial charge on any atom is -0.479 e. The van der Waals surface area contributed by atoms with Crippen LogP contribution in [0.1, 0.15) is 32.3 Å². The summed E-state index contributed by atoms with van der Waals surface area (Å²) in [5, 5.41) is 11.9. The van der Waals surface area contributed by atoms with Gasteiger partial charge in [0.2, 0.25) is 0 Å². The summed E-state index contributed by atoms with van der Waals surface area (Å²) in [5.74, 6) is 0.737. The van der Waals surface area contributed by atoms with E-state index in [9.17, 15) is 0 Å². The number of nitrogens with one attached hydrogen (secondary N) is 1. The molecule has 19 heavy (non-hydrogen) atoms. The van der Waals surface area contributed by atoms with E-state index in [1.807, 2.05) is 30.3 Å². The molecule has 1 N–H and O–H groups in total. The largest absolute Gasteiger partial charge is 0.479 e. The van der Waals surface area contributed by atoms with Crippen molar-refractivity contribution in [3.8, 4) is 11.8 Å². The summed E-state index contributed by atoms with van der Waals surface area (Å²) in [6.45, 7) is 6.43. The van der Waals surface area contributed by atoms with Crippen molar-refractivity contribution in [2.24, 2.45) is 0 Å². The first-order valence-electron chi connectivity index (χ1n) is 6.80. The third kappa shape index (κ3) is 6.08. The Labute approximate surface area is 115 Å². The molecule has 0 amide bonds. The third-order valence-electron chi connectivity index (χ3n) is 2.79. The Morgan fingerprint density at radius 3 is 2.63 bits per heavy atom. The smallest absolute Gasteiger partial charge is 0.174 e. The van der Waals surface area contributed by atoms with Crippen LogP contribution in [0.4, 0.5) is 0 Å². The van der Waals surface area contributed by atoms with Crippen LogP contribution in [0.3, 0.4) is 0 Å². The van der Waals surface area contributed by atoms with Crippen molar-refractivity contribution >= 4 is 6.08 Å². The number of rotatable bonds is 8. The Morgan fingerprint density at radius 2 is 2.05 bits per heavy atom. The van der Waals surface area contributed by atoms with E-state index < -0.39 is 0 Å². The number of benzene rings is 1. The zero-order valence-electron chi connectivity index (χ0n) is 11.8. The number of nitriles is 1. The summed E-state index contributed by atoms with van der Waals surface area (Å²) in [4.78, 5) is 0. The van der Waals surface area contributed by atoms with Gasteiger partial charge in [0.15, 0.2) is 6.61 Å². The van der Waals surface area contributed by atoms with Crippen molar-refractivity contribution in [1.29, 1.82) is 5.26 Å². The van der Waals surface area contributed by atoms with Gasteiger partial charge in [0.1, 0.15) is 11.8 Å². The number of hydrogen-bond acceptors (Lipinski definition) is 3. The molecule has 3 heteroatoms. The number of ether oxygens (including phenoxy) is 1. The Balaban J connectivity index is 2.60. The van der Waals surface area contributed by atoms with Crippen LogP contribution in [0.25, 0.3) is 6.08 Å². The molecule has 1 rings (SSSR count). The molecule has 0 saturated carbocycles. The van der Waals surface area contributed by atoms with Gasteiger partial charge >= 0.3 is 0 Å². The molecule has 0 spiro atoms. The Hall–Kier alpha value is -1.79. The molecule has 0 fully saturated rings. The van der Waals surface area contributed by atoms with Gasteiger partial charge in [-0.25, -0.2) is 0 Å². The molecule has 0 aliphatic heterocycles. The van der Waals surface area contributed by atoms with Crippen LogP contribution in [0, 0.1) is 11.3 Å². The van der Waals surface area contributed by atoms with E-state index in [2.05, 4.69) is 25.2 Å². The molecule has 0 unspecified atom stereocenters. The van der Waals surface area contributed by atoms with Gasteiger partial charge in [-0.2, -0.15) is 5.26 Å². The highest BCUT2D eigenvalue weighted by Gasteiger charge is 1.97. The van der Waals surface area contributed by atoms with Crippen molar-refractivity contribution in [3.63, 3.8) is 0 Å². The molecule has 0 aliphatic rings. The zero-order valence-corrected chi connectivity index (χ0v) is 11.8. The van der Waals surface area contributed by atoms with Crippen molar-refractivity contribution in [2.75, 3.05) is 19.7 Å². The van der Waals surface area contributed by atoms with E-state index >= 15 is 0 Å². The highest BCUT2D eigenvalue weighted by atomic mass is 16.5. The topological polar surface area (TPSA) is 45.0 Å². The van der Waals surface area contributed by atoms with Crippen LogP contribution in [-0.4, -0.2) is 19.7 Å². The molecule has 3 nitrogen and oxygen atoms in total. The molecule has 0 heterocycles. The lowest BCUT2D eigenvalue weighted by molar-refractivity contribution is 0.368. The quantitative estimate of drug-likeness (QED) is 0.727. The minimum atomic E-state index is 0.0936. The van der Waals surface area contributed by atoms with Crippen molar-refractivity contribution in [2.45, 2.75) is 26.7 Å². The van der Waals surface area contributed by atoms with E-state index in [4.69, 9.17) is 10.00 Å². The van der Waals surface area contributed by atoms with Crippen LogP contribution < -0.4 is 10.1 Å². The van der Waals surface area contributed by atoms with Crippen LogP contribution in [0.5, 0.6) is 5.75 Å². The lowest BCUT2D eigenvalue weighted by atomic mass is 10.1. The van der Waals surface area contributed by atoms with Crippen LogP contribution in [-0.2, 0) is 0 Å². The molecule has 1 aromatic rings. The van der Waals surface area contributed by atoms with Crippen LogP contribution in [0.2, 0.25) is 0 Å². The highest BCUT2D eigenvalue weighted by Crippen LogP contribution is 2.15. The summed E-state index contributed by atoms with van der Waals surface area (Å²) < 4.78 is 5.23. The fraction of sp³-hybridized carbons (Fsp3) is 0.438. The number of nitrogens with zero attached hydrogens (tertiary/aromatic N) is 1. The summed E-state index contributed by atoms with van der Waals surface area (Å²) in [5.41, 5.74) is 2.55. The molecule has 0 aromatic heterocycles. The fourth-order valence-corrected chi connectivity index (χ4v) is 1.72. The molecular formula is C16H22N2O. The fourth-order valence-electron chi connectivity index (χ4n) is 1.72. The van der Waals surface area contributed by atoms with E-state index in [1.54, 1.807) is 0 Å². The van der Waals surface area contributed by atoms with Gasteiger partial charge < -0.3 is 10.1 Å². The Bertz CT molecular complexity index is 429. The molecule has 0 aliphatic carbocycles. The molecule has 0 saturated heterocycles. The summed E-state index contributed by atoms with van der Waals surface area (Å²) in [6.07, 6.45) is 4.40. The van der Waals surface area contributed by atoms with Crippen molar-refractivity contribution < 1.29 is 4.74 Å². The second-order valence-corrected chi connectivity index (χ2v) is 4.35. The average molecular weight is 258 g/mol. The van der Waals surface area contributed by atoms with Gasteiger partial charge in [-0.05, 0) is 37.1 Å². The highest BCUT2D eigenvalue weighted by molar-refractivity contribution is 5.54. The number of hydrogen-bond donors (Lipinski definition) is 1. The van der Waals surface area contributed by atoms with Gasteiger partial charge in [-0.15, -0.1) is 0 Å². The first-order valence-corrected chi connectivity index (χ1v) is 6.80. The van der Waals surface area contributed by atoms with Gasteiger partial charge in [0, 0.05) is 6.54 Å². The van der Waals surface area contributed by atoms with Crippen LogP contribution >= 0.6 is 0 Å². The second kappa shape index (κ2) is 9.18. The van der Waals surface area contributed by atoms with Gasteiger partial charge in [-0.3, -0.25) is 0 Å². The minimum absolute atomic E-state index is 0.0936. The molecular weight excluding hydrogens is 236 g/mol. The predicted octanol–water partition coefficient (Wildman–Crippen LogP) is 3.38. The molecule has 0 atom stereocenters. The van der Waals surface area contributed by atoms with Gasteiger partial charge in [0.25, 0.3) is 0 Å². The molecule has 0 radical (unpaired) electrons. The molecule has 102 valence electrons. The van der Waals surface area contributed by atoms with Gasteiger partial charge in [0.05, 0.1) is 0 Å². The average Bonchev–Trinajstić information content (AvgIpc) is 2.45. The molecule has 0 bridgehead atoms. The lowest BCUT2D eigenvalue weighted by Crippen LogP contribution is -2.17. The van der Waals surface area contributed by atoms with Crippen molar-refractivity contribution in [1.82, 2.24) is 5.32 Å². The van der Waals surface area contributed by atoms with E-state index in [-0.39, 0.29) is 6.61 Å². The second-order valence-electron chi connectivity index (χ2n) is 4.35. The van der Waals surface area contributed by atoms with Crippen LogP contribution in [0.15, 0.2) is 29.8 Å². The summed E-state index contributed by atoms with van der Waals surface area (Å²) in [6, 6.07) is 9.79. The van der Waals surface area contributed by atoms with E-state index in [1.165, 1.54) is 11.1 Å².